The number of nitrogens with two attached hydrogens (primary N) is 6. The van der Waals surface area contributed by atoms with Crippen molar-refractivity contribution in [3.05, 3.63) is 65.7 Å². The summed E-state index contributed by atoms with van der Waals surface area (Å²) in [6.07, 6.45) is -3.24. The number of primary amides is 1. The summed E-state index contributed by atoms with van der Waals surface area (Å²) in [5, 5.41) is 125. The van der Waals surface area contributed by atoms with Gasteiger partial charge in [0.15, 0.2) is 5.96 Å². The summed E-state index contributed by atoms with van der Waals surface area (Å²) < 4.78 is 0. The standard InChI is InChI=1S/C83H136N24O27/c1-42(2)31-52(71(122)93-48(19-10-13-27-84)67(118)92-49(20-11-14-28-85)68(119)97-54(34-46-23-25-47(112)26-24-46)72(123)94-51(22-16-30-91-83(88)89)70(121)105-62(41-111)82(133)134)96-69(120)50(21-12-15-29-86)95-81(132)66(44(5)6)106-76(127)55(35-63(87)113)99-79(130)60(39-109)104-80(131)61(40-110)102-75(126)57(37-65(116)117)101-74(125)56(36-64(114)115)100-73(124)53(33-45-17-8-7-9-18-45)98-78(129)59(38-108)103-77(128)58(107-90)32-43(3)4/h7-9,17-18,23-26,42-44,48-62,66,107-112H,10-16,19-22,27-41,84-86,90H2,1-6H3,(H2,87,113)(H,92,118)(H,93,122)(H,94,123)(H,95,132)(H,96,120)(H,97,119)(H,98,129)(H,99,130)(H,100,124)(H,101,125)(H,102,126)(H,103,128)(H,104,131)(H,105,121)(H,106,127)(H,114,115)(H,116,117)(H,133,134)(H4,88,89,91)/t48?,49-,50?,51-,52-,53-,54?,55?,56?,57-,58-,59?,60-,61?,62?,66-/m0/s1. The lowest BCUT2D eigenvalue weighted by atomic mass is 9.99. The van der Waals surface area contributed by atoms with Gasteiger partial charge in [-0.15, -0.1) is 0 Å². The van der Waals surface area contributed by atoms with E-state index in [2.05, 4.69) is 74.5 Å². The number of hydrogen-bond acceptors (Lipinski definition) is 30. The number of hydrazine groups is 1. The van der Waals surface area contributed by atoms with Crippen molar-refractivity contribution >= 4 is 118 Å². The number of carbonyl (C=O) groups excluding carboxylic acids is 16. The fraction of sp³-hybridized carbons (Fsp3) is 0.614. The first-order chi connectivity index (χ1) is 63.3. The Kier molecular flexibility index (Phi) is 54.6. The van der Waals surface area contributed by atoms with Crippen LogP contribution in [0.5, 0.6) is 5.75 Å². The number of carboxylic acids is 3. The predicted octanol–water partition coefficient (Wildman–Crippen LogP) is -10.4. The molecule has 2 aromatic carbocycles. The molecule has 2 rings (SSSR count). The van der Waals surface area contributed by atoms with Crippen LogP contribution in [0.3, 0.4) is 0 Å². The highest BCUT2D eigenvalue weighted by atomic mass is 16.4. The first-order valence-corrected chi connectivity index (χ1v) is 43.7. The van der Waals surface area contributed by atoms with Gasteiger partial charge in [-0.05, 0) is 144 Å². The van der Waals surface area contributed by atoms with Gasteiger partial charge in [0, 0.05) is 19.4 Å². The monoisotopic (exact) mass is 1900 g/mol. The van der Waals surface area contributed by atoms with Crippen molar-refractivity contribution in [1.82, 2.24) is 90.5 Å². The van der Waals surface area contributed by atoms with E-state index >= 15 is 0 Å². The van der Waals surface area contributed by atoms with Crippen molar-refractivity contribution in [1.29, 1.82) is 5.41 Å². The lowest BCUT2D eigenvalue weighted by Gasteiger charge is -2.29. The van der Waals surface area contributed by atoms with E-state index < -0.39 is 267 Å². The van der Waals surface area contributed by atoms with Gasteiger partial charge in [0.25, 0.3) is 0 Å². The Hall–Kier alpha value is -12.9. The molecule has 38 N–H and O–H groups in total. The molecule has 0 spiro atoms. The molecule has 0 aliphatic rings. The van der Waals surface area contributed by atoms with Gasteiger partial charge in [-0.25, -0.2) is 10.2 Å². The molecule has 750 valence electrons. The van der Waals surface area contributed by atoms with Crippen LogP contribution in [0.15, 0.2) is 54.6 Å². The summed E-state index contributed by atoms with van der Waals surface area (Å²) in [6.45, 7) is 5.47. The number of phenols is 1. The second kappa shape index (κ2) is 62.5. The van der Waals surface area contributed by atoms with Crippen LogP contribution in [-0.2, 0) is 104 Å². The second-order valence-corrected chi connectivity index (χ2v) is 32.9. The molecule has 8 unspecified atom stereocenters. The minimum absolute atomic E-state index is 0.0153. The molecule has 16 atom stereocenters. The Morgan fingerprint density at radius 2 is 0.612 bits per heavy atom. The van der Waals surface area contributed by atoms with Crippen molar-refractivity contribution in [3.8, 4) is 5.75 Å². The molecule has 0 bridgehead atoms. The van der Waals surface area contributed by atoms with Gasteiger partial charge in [-0.3, -0.25) is 97.6 Å². The number of nitrogens with one attached hydrogen (secondary N) is 18. The summed E-state index contributed by atoms with van der Waals surface area (Å²) in [4.78, 5) is 261. The number of aliphatic hydroxyl groups excluding tert-OH is 4. The van der Waals surface area contributed by atoms with Crippen LogP contribution in [0, 0.1) is 23.2 Å². The van der Waals surface area contributed by atoms with Crippen LogP contribution >= 0.6 is 0 Å². The highest BCUT2D eigenvalue weighted by Crippen LogP contribution is 2.18. The number of hydrogen-bond donors (Lipinski definition) is 32. The molecule has 0 saturated carbocycles. The van der Waals surface area contributed by atoms with E-state index in [-0.39, 0.29) is 127 Å². The van der Waals surface area contributed by atoms with Crippen molar-refractivity contribution in [2.24, 2.45) is 52.3 Å². The fourth-order valence-electron chi connectivity index (χ4n) is 13.2. The average Bonchev–Trinajstić information content (AvgIpc) is 0.846. The fourth-order valence-corrected chi connectivity index (χ4v) is 13.2. The molecular weight excluding hydrogens is 1770 g/mol. The summed E-state index contributed by atoms with van der Waals surface area (Å²) in [5.74, 6) is -20.3. The summed E-state index contributed by atoms with van der Waals surface area (Å²) >= 11 is 0. The van der Waals surface area contributed by atoms with E-state index in [1.807, 2.05) is 16.0 Å². The first kappa shape index (κ1) is 117. The van der Waals surface area contributed by atoms with Gasteiger partial charge in [0.05, 0.1) is 51.7 Å². The first-order valence-electron chi connectivity index (χ1n) is 43.7. The van der Waals surface area contributed by atoms with Crippen molar-refractivity contribution in [3.63, 3.8) is 0 Å². The number of rotatable bonds is 67. The zero-order valence-electron chi connectivity index (χ0n) is 75.8. The van der Waals surface area contributed by atoms with Crippen molar-refractivity contribution in [2.75, 3.05) is 52.6 Å². The van der Waals surface area contributed by atoms with E-state index in [1.165, 1.54) is 50.2 Å². The molecule has 0 aliphatic carbocycles. The topological polar surface area (TPSA) is 871 Å². The Labute approximate surface area is 773 Å². The predicted molar refractivity (Wildman–Crippen MR) is 478 cm³/mol. The summed E-state index contributed by atoms with van der Waals surface area (Å²) in [5.41, 5.74) is 31.5. The molecule has 0 aromatic heterocycles. The second-order valence-electron chi connectivity index (χ2n) is 32.9. The molecule has 134 heavy (non-hydrogen) atoms. The molecule has 51 nitrogen and oxygen atoms in total. The van der Waals surface area contributed by atoms with Crippen LogP contribution < -0.4 is 125 Å². The normalized spacial score (nSPS) is 14.8. The quantitative estimate of drug-likeness (QED) is 0.00961. The number of guanidine groups is 1. The highest BCUT2D eigenvalue weighted by Gasteiger charge is 2.41. The van der Waals surface area contributed by atoms with Crippen molar-refractivity contribution in [2.45, 2.75) is 254 Å². The Morgan fingerprint density at radius 3 is 0.948 bits per heavy atom. The number of aromatic hydroxyl groups is 1. The van der Waals surface area contributed by atoms with E-state index in [4.69, 9.17) is 39.9 Å². The van der Waals surface area contributed by atoms with E-state index in [9.17, 15) is 132 Å². The average molecular weight is 1900 g/mol. The highest BCUT2D eigenvalue weighted by molar-refractivity contribution is 6.02. The molecule has 51 heteroatoms. The molecule has 16 amide bonds. The van der Waals surface area contributed by atoms with Gasteiger partial charge in [-0.2, -0.15) is 0 Å². The summed E-state index contributed by atoms with van der Waals surface area (Å²) in [6, 6.07) is -14.6. The van der Waals surface area contributed by atoms with Crippen LogP contribution in [-0.4, -0.2) is 309 Å². The van der Waals surface area contributed by atoms with Gasteiger partial charge < -0.3 is 155 Å². The Bertz CT molecular complexity index is 4210. The molecule has 0 fully saturated rings. The van der Waals surface area contributed by atoms with Crippen LogP contribution in [0.2, 0.25) is 0 Å². The molecule has 2 aromatic rings. The van der Waals surface area contributed by atoms with Crippen LogP contribution in [0.1, 0.15) is 155 Å². The maximum Gasteiger partial charge on any atom is 0.328 e. The van der Waals surface area contributed by atoms with Gasteiger partial charge in [0.1, 0.15) is 96.4 Å². The zero-order valence-corrected chi connectivity index (χ0v) is 75.8. The Balaban J connectivity index is 2.51. The number of aliphatic carboxylic acids is 3. The van der Waals surface area contributed by atoms with E-state index in [0.29, 0.717) is 24.0 Å². The molecule has 0 saturated heterocycles. The molecule has 0 aliphatic heterocycles. The largest absolute Gasteiger partial charge is 0.508 e. The maximum atomic E-state index is 14.8. The van der Waals surface area contributed by atoms with Crippen molar-refractivity contribution < 1.29 is 132 Å². The smallest absolute Gasteiger partial charge is 0.328 e. The van der Waals surface area contributed by atoms with E-state index in [0.717, 1.165) is 0 Å². The third kappa shape index (κ3) is 44.5. The number of amides is 16. The van der Waals surface area contributed by atoms with E-state index in [1.54, 1.807) is 45.9 Å². The van der Waals surface area contributed by atoms with Crippen LogP contribution in [0.25, 0.3) is 0 Å². The summed E-state index contributed by atoms with van der Waals surface area (Å²) in [7, 11) is 0. The Morgan fingerprint density at radius 1 is 0.328 bits per heavy atom. The molecule has 0 heterocycles. The van der Waals surface area contributed by atoms with Gasteiger partial charge in [-0.1, -0.05) is 84.0 Å². The third-order valence-corrected chi connectivity index (χ3v) is 20.4. The minimum Gasteiger partial charge on any atom is -0.508 e. The third-order valence-electron chi connectivity index (χ3n) is 20.4. The zero-order chi connectivity index (χ0) is 101. The number of carbonyl (C=O) groups is 19. The maximum absolute atomic E-state index is 14.8. The number of aliphatic hydroxyl groups is 4. The molecule has 0 radical (unpaired) electrons. The SMILES string of the molecule is CC(C)C[C@H](NN)C(=O)NC(CO)C(=O)N[C@@H](Cc1ccccc1)C(=O)NC(CC(=O)O)C(=O)N[C@@H](CC(=O)O)C(=O)NC(CO)C(=O)N[C@@H](CO)C(=O)NC(CC(N)=O)C(=O)N[C@H](C(=O)NC(CCCCN)C(=O)N[C@@H](CC(C)C)C(=O)NC(CCCCN)C(=O)N[C@@H](CCCCN)C(=O)NC(Cc1ccc(O)cc1)C(=O)N[C@@H](CCCNC(=N)N)C(=O)NC(CO)C(=O)O)C(C)C. The van der Waals surface area contributed by atoms with Gasteiger partial charge in [0.2, 0.25) is 94.5 Å². The minimum atomic E-state index is -2.28. The van der Waals surface area contributed by atoms with Gasteiger partial charge >= 0.3 is 17.9 Å². The number of unbranched alkanes of at least 4 members (excludes halogenated alkanes) is 3. The lowest BCUT2D eigenvalue weighted by molar-refractivity contribution is -0.144. The molecular formula is C83H136N24O27. The number of carboxylic acid groups (broad SMARTS) is 3. The van der Waals surface area contributed by atoms with Crippen LogP contribution in [0.4, 0.5) is 0 Å². The number of benzene rings is 2. The number of phenolic OH excluding ortho intramolecular Hbond substituents is 1. The lowest BCUT2D eigenvalue weighted by Crippen LogP contribution is -2.62.